The zero-order chi connectivity index (χ0) is 21.2. The van der Waals surface area contributed by atoms with E-state index in [2.05, 4.69) is 0 Å². The van der Waals surface area contributed by atoms with E-state index >= 15 is 0 Å². The second-order valence-corrected chi connectivity index (χ2v) is 8.29. The predicted octanol–water partition coefficient (Wildman–Crippen LogP) is 4.23. The van der Waals surface area contributed by atoms with Gasteiger partial charge in [-0.15, -0.1) is 0 Å². The summed E-state index contributed by atoms with van der Waals surface area (Å²) in [6, 6.07) is 15.2. The van der Waals surface area contributed by atoms with Crippen LogP contribution in [0.2, 0.25) is 5.02 Å². The van der Waals surface area contributed by atoms with Crippen LogP contribution in [0.25, 0.3) is 0 Å². The number of carbonyl (C=O) groups is 3. The van der Waals surface area contributed by atoms with Crippen molar-refractivity contribution in [2.24, 2.45) is 0 Å². The lowest BCUT2D eigenvalue weighted by Gasteiger charge is -2.41. The maximum absolute atomic E-state index is 13.3. The van der Waals surface area contributed by atoms with Gasteiger partial charge in [0.15, 0.2) is 0 Å². The Morgan fingerprint density at radius 2 is 1.72 bits per heavy atom. The van der Waals surface area contributed by atoms with Crippen molar-refractivity contribution in [3.63, 3.8) is 0 Å². The first kappa shape index (κ1) is 21.1. The summed E-state index contributed by atoms with van der Waals surface area (Å²) in [6.45, 7) is 5.83. The Morgan fingerprint density at radius 3 is 2.31 bits per heavy atom. The zero-order valence-corrected chi connectivity index (χ0v) is 17.6. The van der Waals surface area contributed by atoms with Crippen LogP contribution in [0.1, 0.15) is 39.2 Å². The third-order valence-corrected chi connectivity index (χ3v) is 5.76. The van der Waals surface area contributed by atoms with Gasteiger partial charge in [-0.3, -0.25) is 14.4 Å². The number of rotatable bonds is 6. The molecule has 0 N–H and O–H groups in total. The Balaban J connectivity index is 1.92. The predicted molar refractivity (Wildman–Crippen MR) is 114 cm³/mol. The van der Waals surface area contributed by atoms with Crippen molar-refractivity contribution >= 4 is 35.0 Å². The highest BCUT2D eigenvalue weighted by atomic mass is 35.5. The number of imide groups is 1. The molecule has 0 radical (unpaired) electrons. The fourth-order valence-electron chi connectivity index (χ4n) is 3.64. The second-order valence-electron chi connectivity index (χ2n) is 7.86. The Hall–Kier alpha value is -2.66. The van der Waals surface area contributed by atoms with E-state index in [0.717, 1.165) is 10.5 Å². The first-order valence-electron chi connectivity index (χ1n) is 9.73. The molecule has 0 saturated carbocycles. The summed E-state index contributed by atoms with van der Waals surface area (Å²) in [5.74, 6) is -0.848. The van der Waals surface area contributed by atoms with Gasteiger partial charge in [-0.1, -0.05) is 48.9 Å². The maximum Gasteiger partial charge on any atom is 0.257 e. The highest BCUT2D eigenvalue weighted by molar-refractivity contribution is 6.30. The molecule has 0 spiro atoms. The number of hydrogen-bond acceptors (Lipinski definition) is 3. The minimum absolute atomic E-state index is 0.0224. The van der Waals surface area contributed by atoms with Crippen molar-refractivity contribution in [3.8, 4) is 0 Å². The molecular weight excluding hydrogens is 388 g/mol. The van der Waals surface area contributed by atoms with E-state index in [1.165, 1.54) is 0 Å². The molecule has 1 saturated heterocycles. The fraction of sp³-hybridized carbons (Fsp3) is 0.348. The number of amides is 3. The first-order valence-corrected chi connectivity index (χ1v) is 10.1. The van der Waals surface area contributed by atoms with Gasteiger partial charge in [0.1, 0.15) is 6.04 Å². The molecule has 152 valence electrons. The molecule has 0 aromatic heterocycles. The molecule has 1 heterocycles. The average Bonchev–Trinajstić information content (AvgIpc) is 2.97. The lowest BCUT2D eigenvalue weighted by atomic mass is 9.94. The Bertz CT molecular complexity index is 909. The van der Waals surface area contributed by atoms with Gasteiger partial charge in [-0.05, 0) is 50.1 Å². The number of nitrogens with zero attached hydrogens (tertiary/aromatic N) is 2. The summed E-state index contributed by atoms with van der Waals surface area (Å²) in [5, 5.41) is 0.524. The third-order valence-electron chi connectivity index (χ3n) is 5.50. The van der Waals surface area contributed by atoms with Crippen molar-refractivity contribution in [2.75, 3.05) is 4.90 Å². The molecule has 1 fully saturated rings. The van der Waals surface area contributed by atoms with Crippen LogP contribution in [0, 0.1) is 0 Å². The van der Waals surface area contributed by atoms with Crippen molar-refractivity contribution in [2.45, 2.75) is 51.6 Å². The summed E-state index contributed by atoms with van der Waals surface area (Å²) >= 11 is 5.93. The van der Waals surface area contributed by atoms with E-state index in [0.29, 0.717) is 17.1 Å². The van der Waals surface area contributed by atoms with Gasteiger partial charge in [0.25, 0.3) is 5.91 Å². The number of benzene rings is 2. The number of halogens is 1. The molecule has 1 aliphatic heterocycles. The van der Waals surface area contributed by atoms with Gasteiger partial charge < -0.3 is 4.90 Å². The average molecular weight is 413 g/mol. The van der Waals surface area contributed by atoms with Crippen LogP contribution in [-0.4, -0.2) is 34.2 Å². The summed E-state index contributed by atoms with van der Waals surface area (Å²) in [6.07, 6.45) is 0.820. The molecule has 6 heteroatoms. The van der Waals surface area contributed by atoms with Crippen LogP contribution in [0.15, 0.2) is 54.6 Å². The van der Waals surface area contributed by atoms with E-state index in [9.17, 15) is 14.4 Å². The highest BCUT2D eigenvalue weighted by Gasteiger charge is 2.48. The van der Waals surface area contributed by atoms with Crippen LogP contribution in [0.5, 0.6) is 0 Å². The molecule has 1 unspecified atom stereocenters. The summed E-state index contributed by atoms with van der Waals surface area (Å²) in [4.78, 5) is 42.0. The second kappa shape index (κ2) is 8.37. The standard InChI is InChI=1S/C23H25ClN2O3/c1-4-23(2,3)26(21(28)14-16-8-6-5-7-9-16)19-15-20(27)25(22(19)29)18-12-10-17(24)11-13-18/h5-13,19H,4,14-15H2,1-3H3. The van der Waals surface area contributed by atoms with E-state index in [4.69, 9.17) is 11.6 Å². The van der Waals surface area contributed by atoms with Crippen molar-refractivity contribution in [3.05, 3.63) is 65.2 Å². The molecule has 5 nitrogen and oxygen atoms in total. The minimum atomic E-state index is -0.815. The van der Waals surface area contributed by atoms with Gasteiger partial charge in [-0.2, -0.15) is 0 Å². The van der Waals surface area contributed by atoms with Gasteiger partial charge in [0.05, 0.1) is 18.5 Å². The Kier molecular flexibility index (Phi) is 6.08. The van der Waals surface area contributed by atoms with E-state index in [-0.39, 0.29) is 30.6 Å². The fourth-order valence-corrected chi connectivity index (χ4v) is 3.76. The number of hydrogen-bond donors (Lipinski definition) is 0. The van der Waals surface area contributed by atoms with Gasteiger partial charge in [0.2, 0.25) is 11.8 Å². The molecule has 3 rings (SSSR count). The summed E-state index contributed by atoms with van der Waals surface area (Å²) < 4.78 is 0. The number of anilines is 1. The molecule has 1 atom stereocenters. The summed E-state index contributed by atoms with van der Waals surface area (Å²) in [7, 11) is 0. The molecule has 2 aromatic carbocycles. The quantitative estimate of drug-likeness (QED) is 0.667. The SMILES string of the molecule is CCC(C)(C)N(C(=O)Cc1ccccc1)C1CC(=O)N(c2ccc(Cl)cc2)C1=O. The van der Waals surface area contributed by atoms with Gasteiger partial charge in [-0.25, -0.2) is 4.90 Å². The molecule has 0 aliphatic carbocycles. The van der Waals surface area contributed by atoms with E-state index in [1.807, 2.05) is 51.1 Å². The van der Waals surface area contributed by atoms with Crippen molar-refractivity contribution in [1.82, 2.24) is 4.90 Å². The maximum atomic E-state index is 13.3. The normalized spacial score (nSPS) is 17.0. The third kappa shape index (κ3) is 4.35. The first-order chi connectivity index (χ1) is 13.7. The molecular formula is C23H25ClN2O3. The molecule has 0 bridgehead atoms. The van der Waals surface area contributed by atoms with E-state index < -0.39 is 11.6 Å². The van der Waals surface area contributed by atoms with Crippen LogP contribution < -0.4 is 4.90 Å². The van der Waals surface area contributed by atoms with Crippen molar-refractivity contribution in [1.29, 1.82) is 0 Å². The molecule has 3 amide bonds. The van der Waals surface area contributed by atoms with Crippen LogP contribution in [-0.2, 0) is 20.8 Å². The largest absolute Gasteiger partial charge is 0.325 e. The van der Waals surface area contributed by atoms with Crippen LogP contribution in [0.4, 0.5) is 5.69 Å². The van der Waals surface area contributed by atoms with E-state index in [1.54, 1.807) is 29.2 Å². The van der Waals surface area contributed by atoms with Crippen LogP contribution in [0.3, 0.4) is 0 Å². The highest BCUT2D eigenvalue weighted by Crippen LogP contribution is 2.32. The van der Waals surface area contributed by atoms with Gasteiger partial charge >= 0.3 is 0 Å². The topological polar surface area (TPSA) is 57.7 Å². The number of carbonyl (C=O) groups excluding carboxylic acids is 3. The smallest absolute Gasteiger partial charge is 0.257 e. The van der Waals surface area contributed by atoms with Gasteiger partial charge in [0, 0.05) is 10.6 Å². The monoisotopic (exact) mass is 412 g/mol. The minimum Gasteiger partial charge on any atom is -0.325 e. The molecule has 1 aliphatic rings. The molecule has 2 aromatic rings. The lowest BCUT2D eigenvalue weighted by Crippen LogP contribution is -2.56. The Morgan fingerprint density at radius 1 is 1.10 bits per heavy atom. The Labute approximate surface area is 176 Å². The van der Waals surface area contributed by atoms with Crippen LogP contribution >= 0.6 is 11.6 Å². The lowest BCUT2D eigenvalue weighted by molar-refractivity contribution is -0.144. The molecule has 29 heavy (non-hydrogen) atoms. The van der Waals surface area contributed by atoms with Crippen molar-refractivity contribution < 1.29 is 14.4 Å². The summed E-state index contributed by atoms with van der Waals surface area (Å²) in [5.41, 5.74) is 0.778. The zero-order valence-electron chi connectivity index (χ0n) is 16.9.